The highest BCUT2D eigenvalue weighted by atomic mass is 16.5. The number of rotatable bonds is 9. The van der Waals surface area contributed by atoms with Crippen molar-refractivity contribution in [2.45, 2.75) is 89.8 Å². The van der Waals surface area contributed by atoms with Gasteiger partial charge in [0.1, 0.15) is 0 Å². The Bertz CT molecular complexity index is 807. The Kier molecular flexibility index (Phi) is 8.40. The lowest BCUT2D eigenvalue weighted by Crippen LogP contribution is -2.62. The highest BCUT2D eigenvalue weighted by Crippen LogP contribution is 2.68. The van der Waals surface area contributed by atoms with Gasteiger partial charge in [-0.3, -0.25) is 5.41 Å². The lowest BCUT2D eigenvalue weighted by Gasteiger charge is -2.63. The van der Waals surface area contributed by atoms with Crippen LogP contribution in [0.4, 0.5) is 0 Å². The summed E-state index contributed by atoms with van der Waals surface area (Å²) < 4.78 is 6.19. The van der Waals surface area contributed by atoms with Gasteiger partial charge in [-0.1, -0.05) is 13.8 Å². The molecule has 206 valence electrons. The van der Waals surface area contributed by atoms with Gasteiger partial charge >= 0.3 is 0 Å². The highest BCUT2D eigenvalue weighted by Gasteiger charge is 2.67. The Morgan fingerprint density at radius 3 is 2.56 bits per heavy atom. The smallest absolute Gasteiger partial charge is 0.209 e. The van der Waals surface area contributed by atoms with Gasteiger partial charge in [-0.2, -0.15) is 5.10 Å². The molecule has 6 N–H and O–H groups in total. The number of nitrogens with zero attached hydrogens (tertiary/aromatic N) is 3. The minimum absolute atomic E-state index is 0.0240. The normalized spacial score (nSPS) is 42.2. The standard InChI is InChI=1S/C28H52N6O2/c1-26-11-9-22(36-17-5-14-29)18-20(26)6-7-24-23(26)10-12-27(2)21(8-13-28(24,27)35)19-32-34(25(30)31)16-15-33(3)4/h19-24,35H,5-18,29H2,1-4H3,(H3,30,31)/b32-19+/t20?,21?,22?,23-,24-,26+,27-,28-/m1/s1. The average molecular weight is 505 g/mol. The third-order valence-corrected chi connectivity index (χ3v) is 11.0. The Morgan fingerprint density at radius 1 is 1.08 bits per heavy atom. The summed E-state index contributed by atoms with van der Waals surface area (Å²) in [4.78, 5) is 2.07. The van der Waals surface area contributed by atoms with Gasteiger partial charge in [0, 0.05) is 30.7 Å². The first kappa shape index (κ1) is 27.8. The fraction of sp³-hybridized carbons (Fsp3) is 0.929. The summed E-state index contributed by atoms with van der Waals surface area (Å²) in [5, 5.41) is 26.6. The maximum absolute atomic E-state index is 12.4. The van der Waals surface area contributed by atoms with E-state index in [4.69, 9.17) is 21.6 Å². The fourth-order valence-electron chi connectivity index (χ4n) is 8.65. The molecule has 0 spiro atoms. The van der Waals surface area contributed by atoms with Crippen molar-refractivity contribution in [3.05, 3.63) is 0 Å². The van der Waals surface area contributed by atoms with Crippen LogP contribution in [0, 0.1) is 39.9 Å². The molecule has 0 aromatic heterocycles. The van der Waals surface area contributed by atoms with E-state index in [2.05, 4.69) is 23.8 Å². The van der Waals surface area contributed by atoms with Crippen LogP contribution in [0.15, 0.2) is 5.10 Å². The molecule has 0 saturated heterocycles. The van der Waals surface area contributed by atoms with Crippen molar-refractivity contribution >= 4 is 12.2 Å². The zero-order valence-electron chi connectivity index (χ0n) is 23.2. The maximum atomic E-state index is 12.4. The van der Waals surface area contributed by atoms with Gasteiger partial charge in [-0.25, -0.2) is 5.01 Å². The van der Waals surface area contributed by atoms with Crippen molar-refractivity contribution in [2.75, 3.05) is 40.3 Å². The topological polar surface area (TPSA) is 124 Å². The first-order chi connectivity index (χ1) is 17.0. The molecule has 0 aromatic carbocycles. The maximum Gasteiger partial charge on any atom is 0.209 e. The van der Waals surface area contributed by atoms with Crippen LogP contribution in [-0.2, 0) is 4.74 Å². The molecule has 8 heteroatoms. The number of fused-ring (bicyclic) bond motifs is 5. The van der Waals surface area contributed by atoms with Crippen LogP contribution in [0.3, 0.4) is 0 Å². The number of ether oxygens (including phenoxy) is 1. The number of likely N-dealkylation sites (N-methyl/N-ethyl adjacent to an activating group) is 1. The van der Waals surface area contributed by atoms with E-state index in [0.29, 0.717) is 42.4 Å². The first-order valence-electron chi connectivity index (χ1n) is 14.4. The highest BCUT2D eigenvalue weighted by molar-refractivity contribution is 5.76. The predicted octanol–water partition coefficient (Wildman–Crippen LogP) is 3.24. The summed E-state index contributed by atoms with van der Waals surface area (Å²) in [7, 11) is 4.02. The molecule has 0 aromatic rings. The molecule has 4 aliphatic rings. The van der Waals surface area contributed by atoms with Gasteiger partial charge in [0.2, 0.25) is 5.96 Å². The molecular weight excluding hydrogens is 452 g/mol. The van der Waals surface area contributed by atoms with E-state index in [1.165, 1.54) is 25.7 Å². The van der Waals surface area contributed by atoms with Crippen molar-refractivity contribution in [1.29, 1.82) is 5.41 Å². The summed E-state index contributed by atoms with van der Waals surface area (Å²) in [5.74, 6) is 1.83. The van der Waals surface area contributed by atoms with Crippen LogP contribution in [0.1, 0.15) is 78.1 Å². The van der Waals surface area contributed by atoms with Crippen LogP contribution in [0.2, 0.25) is 0 Å². The van der Waals surface area contributed by atoms with Crippen molar-refractivity contribution < 1.29 is 9.84 Å². The molecular formula is C28H52N6O2. The molecule has 3 unspecified atom stereocenters. The van der Waals surface area contributed by atoms with E-state index < -0.39 is 5.60 Å². The van der Waals surface area contributed by atoms with E-state index in [9.17, 15) is 5.11 Å². The van der Waals surface area contributed by atoms with Crippen LogP contribution < -0.4 is 11.5 Å². The molecule has 0 radical (unpaired) electrons. The van der Waals surface area contributed by atoms with Crippen molar-refractivity contribution in [2.24, 2.45) is 51.1 Å². The van der Waals surface area contributed by atoms with E-state index in [0.717, 1.165) is 51.7 Å². The molecule has 0 bridgehead atoms. The fourth-order valence-corrected chi connectivity index (χ4v) is 8.65. The molecule has 4 saturated carbocycles. The summed E-state index contributed by atoms with van der Waals surface area (Å²) in [6.45, 7) is 7.69. The van der Waals surface area contributed by atoms with Gasteiger partial charge in [0.15, 0.2) is 0 Å². The van der Waals surface area contributed by atoms with E-state index in [-0.39, 0.29) is 17.3 Å². The monoisotopic (exact) mass is 504 g/mol. The van der Waals surface area contributed by atoms with Crippen LogP contribution >= 0.6 is 0 Å². The number of nitrogens with two attached hydrogens (primary N) is 2. The zero-order chi connectivity index (χ0) is 26.1. The van der Waals surface area contributed by atoms with Crippen molar-refractivity contribution in [1.82, 2.24) is 9.91 Å². The third kappa shape index (κ3) is 4.95. The number of hydrogen-bond donors (Lipinski definition) is 4. The first-order valence-corrected chi connectivity index (χ1v) is 14.4. The Morgan fingerprint density at radius 2 is 1.86 bits per heavy atom. The lowest BCUT2D eigenvalue weighted by molar-refractivity contribution is -0.207. The van der Waals surface area contributed by atoms with Gasteiger partial charge in [0.25, 0.3) is 0 Å². The van der Waals surface area contributed by atoms with Gasteiger partial charge in [-0.05, 0) is 108 Å². The number of guanidine groups is 1. The zero-order valence-corrected chi connectivity index (χ0v) is 23.2. The Hall–Kier alpha value is -1.22. The molecule has 0 heterocycles. The molecule has 8 nitrogen and oxygen atoms in total. The van der Waals surface area contributed by atoms with Gasteiger partial charge in [-0.15, -0.1) is 0 Å². The van der Waals surface area contributed by atoms with E-state index in [1.807, 2.05) is 20.3 Å². The van der Waals surface area contributed by atoms with Gasteiger partial charge in [0.05, 0.1) is 18.2 Å². The van der Waals surface area contributed by atoms with Crippen molar-refractivity contribution in [3.8, 4) is 0 Å². The largest absolute Gasteiger partial charge is 0.389 e. The minimum Gasteiger partial charge on any atom is -0.389 e. The SMILES string of the molecule is CN(C)CCN(/N=C/C1CC[C@@]2(O)[C@@H]3CCC4CC(OCCCN)CC[C@]4(C)[C@@H]3CC[C@]12C)C(=N)N. The number of hydrogen-bond acceptors (Lipinski definition) is 6. The Balaban J connectivity index is 1.46. The third-order valence-electron chi connectivity index (χ3n) is 11.0. The molecule has 4 aliphatic carbocycles. The molecule has 0 aliphatic heterocycles. The quantitative estimate of drug-likeness (QED) is 0.165. The molecule has 36 heavy (non-hydrogen) atoms. The van der Waals surface area contributed by atoms with Crippen LogP contribution in [0.25, 0.3) is 0 Å². The summed E-state index contributed by atoms with van der Waals surface area (Å²) in [5.41, 5.74) is 11.0. The second-order valence-corrected chi connectivity index (χ2v) is 13.0. The molecule has 4 fully saturated rings. The summed E-state index contributed by atoms with van der Waals surface area (Å²) in [6.07, 6.45) is 13.2. The predicted molar refractivity (Wildman–Crippen MR) is 146 cm³/mol. The molecule has 8 atom stereocenters. The summed E-state index contributed by atoms with van der Waals surface area (Å²) in [6, 6.07) is 0. The minimum atomic E-state index is -0.639. The second kappa shape index (κ2) is 10.9. The van der Waals surface area contributed by atoms with E-state index in [1.54, 1.807) is 5.01 Å². The number of aliphatic hydroxyl groups is 1. The number of hydrazone groups is 1. The molecule has 0 amide bonds. The molecule has 4 rings (SSSR count). The number of nitrogens with one attached hydrogen (secondary N) is 1. The lowest BCUT2D eigenvalue weighted by atomic mass is 9.43. The van der Waals surface area contributed by atoms with Crippen LogP contribution in [0.5, 0.6) is 0 Å². The average Bonchev–Trinajstić information content (AvgIpc) is 3.09. The van der Waals surface area contributed by atoms with E-state index >= 15 is 0 Å². The van der Waals surface area contributed by atoms with Crippen molar-refractivity contribution in [3.63, 3.8) is 0 Å². The summed E-state index contributed by atoms with van der Waals surface area (Å²) >= 11 is 0. The van der Waals surface area contributed by atoms with Crippen LogP contribution in [-0.4, -0.2) is 79.2 Å². The second-order valence-electron chi connectivity index (χ2n) is 13.0. The van der Waals surface area contributed by atoms with Gasteiger partial charge < -0.3 is 26.2 Å². The Labute approximate surface area is 218 Å².